The van der Waals surface area contributed by atoms with E-state index in [0.717, 1.165) is 5.56 Å². The van der Waals surface area contributed by atoms with Crippen LogP contribution >= 0.6 is 0 Å². The molecule has 0 saturated carbocycles. The monoisotopic (exact) mass is 444 g/mol. The van der Waals surface area contributed by atoms with Crippen molar-refractivity contribution in [3.05, 3.63) is 83.9 Å². The molecule has 0 aliphatic rings. The highest BCUT2D eigenvalue weighted by Gasteiger charge is 2.14. The summed E-state index contributed by atoms with van der Waals surface area (Å²) >= 11 is 0. The van der Waals surface area contributed by atoms with E-state index in [4.69, 9.17) is 14.2 Å². The van der Waals surface area contributed by atoms with E-state index in [2.05, 4.69) is 32.6 Å². The summed E-state index contributed by atoms with van der Waals surface area (Å²) in [5.41, 5.74) is 2.86. The minimum atomic E-state index is -0.364. The molecule has 8 nitrogen and oxygen atoms in total. The average molecular weight is 444 g/mol. The zero-order valence-electron chi connectivity index (χ0n) is 18.4. The number of para-hydroxylation sites is 1. The molecule has 0 unspecified atom stereocenters. The van der Waals surface area contributed by atoms with Crippen LogP contribution in [0, 0.1) is 0 Å². The first-order valence-electron chi connectivity index (χ1n) is 10.4. The van der Waals surface area contributed by atoms with Gasteiger partial charge in [-0.25, -0.2) is 0 Å². The molecule has 1 amide bonds. The number of amides is 1. The second kappa shape index (κ2) is 10.3. The van der Waals surface area contributed by atoms with Crippen LogP contribution in [0.3, 0.4) is 0 Å². The van der Waals surface area contributed by atoms with Gasteiger partial charge in [-0.3, -0.25) is 15.2 Å². The molecule has 0 spiro atoms. The van der Waals surface area contributed by atoms with E-state index in [1.54, 1.807) is 32.4 Å². The number of hydrogen-bond donors (Lipinski definition) is 2. The van der Waals surface area contributed by atoms with Gasteiger partial charge in [0.15, 0.2) is 12.4 Å². The Hall–Kier alpha value is -4.33. The van der Waals surface area contributed by atoms with Crippen molar-refractivity contribution in [3.63, 3.8) is 0 Å². The molecule has 1 aromatic heterocycles. The van der Waals surface area contributed by atoms with Crippen molar-refractivity contribution in [2.24, 2.45) is 0 Å². The van der Waals surface area contributed by atoms with Gasteiger partial charge in [-0.15, -0.1) is 5.10 Å². The van der Waals surface area contributed by atoms with Crippen LogP contribution in [0.2, 0.25) is 0 Å². The van der Waals surface area contributed by atoms with E-state index in [1.165, 1.54) is 5.56 Å². The third kappa shape index (κ3) is 5.48. The highest BCUT2D eigenvalue weighted by molar-refractivity contribution is 5.90. The fraction of sp³-hybridized carbons (Fsp3) is 0.160. The van der Waals surface area contributed by atoms with Gasteiger partial charge < -0.3 is 14.2 Å². The van der Waals surface area contributed by atoms with E-state index < -0.39 is 0 Å². The molecule has 3 aromatic carbocycles. The van der Waals surface area contributed by atoms with Crippen molar-refractivity contribution in [1.29, 1.82) is 0 Å². The second-order valence-corrected chi connectivity index (χ2v) is 7.18. The predicted molar refractivity (Wildman–Crippen MR) is 125 cm³/mol. The standard InChI is InChI=1S/C25H24N4O4/c1-31-19-12-13-20(22(15-19)32-2)24-27-25(29-28-24)26-23(30)16-33-21-11-7-6-10-18(21)14-17-8-4-3-5-9-17/h3-13,15H,14,16H2,1-2H3,(H2,26,27,28,29,30). The second-order valence-electron chi connectivity index (χ2n) is 7.18. The van der Waals surface area contributed by atoms with E-state index in [0.29, 0.717) is 35.1 Å². The highest BCUT2D eigenvalue weighted by atomic mass is 16.5. The van der Waals surface area contributed by atoms with Gasteiger partial charge >= 0.3 is 0 Å². The molecule has 0 radical (unpaired) electrons. The largest absolute Gasteiger partial charge is 0.497 e. The number of rotatable bonds is 9. The predicted octanol–water partition coefficient (Wildman–Crippen LogP) is 4.10. The number of methoxy groups -OCH3 is 2. The normalized spacial score (nSPS) is 10.5. The van der Waals surface area contributed by atoms with Crippen LogP contribution in [0.4, 0.5) is 5.95 Å². The Labute approximate surface area is 191 Å². The number of carbonyl (C=O) groups is 1. The molecule has 4 rings (SSSR count). The van der Waals surface area contributed by atoms with Crippen molar-refractivity contribution in [1.82, 2.24) is 15.2 Å². The number of aromatic nitrogens is 3. The van der Waals surface area contributed by atoms with Crippen LogP contribution in [0.25, 0.3) is 11.4 Å². The van der Waals surface area contributed by atoms with Crippen molar-refractivity contribution in [2.45, 2.75) is 6.42 Å². The summed E-state index contributed by atoms with van der Waals surface area (Å²) in [5, 5.41) is 9.53. The van der Waals surface area contributed by atoms with Crippen molar-refractivity contribution < 1.29 is 19.0 Å². The van der Waals surface area contributed by atoms with Gasteiger partial charge in [0.2, 0.25) is 5.95 Å². The number of H-pyrrole nitrogens is 1. The Morgan fingerprint density at radius 3 is 2.52 bits per heavy atom. The SMILES string of the molecule is COc1ccc(-c2nc(NC(=O)COc3ccccc3Cc3ccccc3)n[nH]2)c(OC)c1. The number of nitrogens with one attached hydrogen (secondary N) is 2. The molecule has 33 heavy (non-hydrogen) atoms. The van der Waals surface area contributed by atoms with Crippen molar-refractivity contribution in [2.75, 3.05) is 26.1 Å². The number of hydrogen-bond acceptors (Lipinski definition) is 6. The number of ether oxygens (including phenoxy) is 3. The Morgan fingerprint density at radius 1 is 0.939 bits per heavy atom. The van der Waals surface area contributed by atoms with Gasteiger partial charge in [0.25, 0.3) is 5.91 Å². The van der Waals surface area contributed by atoms with Crippen LogP contribution in [0.1, 0.15) is 11.1 Å². The molecule has 0 aliphatic heterocycles. The van der Waals surface area contributed by atoms with Crippen LogP contribution < -0.4 is 19.5 Å². The number of nitrogens with zero attached hydrogens (tertiary/aromatic N) is 2. The lowest BCUT2D eigenvalue weighted by Gasteiger charge is -2.11. The third-order valence-corrected chi connectivity index (χ3v) is 4.97. The van der Waals surface area contributed by atoms with E-state index in [9.17, 15) is 4.79 Å². The quantitative estimate of drug-likeness (QED) is 0.403. The topological polar surface area (TPSA) is 98.4 Å². The van der Waals surface area contributed by atoms with E-state index in [-0.39, 0.29) is 18.5 Å². The maximum Gasteiger partial charge on any atom is 0.264 e. The molecule has 0 fully saturated rings. The fourth-order valence-electron chi connectivity index (χ4n) is 3.34. The fourth-order valence-corrected chi connectivity index (χ4v) is 3.34. The Balaban J connectivity index is 1.39. The molecule has 0 aliphatic carbocycles. The lowest BCUT2D eigenvalue weighted by Crippen LogP contribution is -2.21. The summed E-state index contributed by atoms with van der Waals surface area (Å²) in [6, 6.07) is 23.1. The molecule has 8 heteroatoms. The lowest BCUT2D eigenvalue weighted by molar-refractivity contribution is -0.118. The molecule has 0 atom stereocenters. The molecular formula is C25H24N4O4. The highest BCUT2D eigenvalue weighted by Crippen LogP contribution is 2.31. The maximum absolute atomic E-state index is 12.4. The van der Waals surface area contributed by atoms with Crippen molar-refractivity contribution >= 4 is 11.9 Å². The van der Waals surface area contributed by atoms with Gasteiger partial charge in [-0.1, -0.05) is 48.5 Å². The van der Waals surface area contributed by atoms with Gasteiger partial charge in [0.1, 0.15) is 17.2 Å². The first kappa shape index (κ1) is 21.9. The maximum atomic E-state index is 12.4. The van der Waals surface area contributed by atoms with E-state index in [1.807, 2.05) is 42.5 Å². The molecule has 2 N–H and O–H groups in total. The molecule has 0 bridgehead atoms. The molecule has 1 heterocycles. The minimum absolute atomic E-state index is 0.147. The summed E-state index contributed by atoms with van der Waals surface area (Å²) in [4.78, 5) is 16.8. The number of carbonyl (C=O) groups excluding carboxylic acids is 1. The van der Waals surface area contributed by atoms with Crippen LogP contribution in [0.5, 0.6) is 17.2 Å². The summed E-state index contributed by atoms with van der Waals surface area (Å²) in [5.74, 6) is 2.13. The van der Waals surface area contributed by atoms with Crippen molar-refractivity contribution in [3.8, 4) is 28.6 Å². The van der Waals surface area contributed by atoms with E-state index >= 15 is 0 Å². The molecule has 0 saturated heterocycles. The molecule has 168 valence electrons. The summed E-state index contributed by atoms with van der Waals surface area (Å²) in [6.45, 7) is -0.165. The average Bonchev–Trinajstić information content (AvgIpc) is 3.31. The Morgan fingerprint density at radius 2 is 1.73 bits per heavy atom. The Kier molecular flexibility index (Phi) is 6.84. The molecule has 4 aromatic rings. The molecular weight excluding hydrogens is 420 g/mol. The Bertz CT molecular complexity index is 1220. The van der Waals surface area contributed by atoms with Gasteiger partial charge in [-0.05, 0) is 29.3 Å². The number of anilines is 1. The van der Waals surface area contributed by atoms with Gasteiger partial charge in [0, 0.05) is 12.5 Å². The van der Waals surface area contributed by atoms with Gasteiger partial charge in [-0.2, -0.15) is 4.98 Å². The van der Waals surface area contributed by atoms with Crippen LogP contribution in [-0.4, -0.2) is 41.9 Å². The lowest BCUT2D eigenvalue weighted by atomic mass is 10.0. The van der Waals surface area contributed by atoms with Crippen LogP contribution in [-0.2, 0) is 11.2 Å². The summed E-state index contributed by atoms with van der Waals surface area (Å²) < 4.78 is 16.4. The minimum Gasteiger partial charge on any atom is -0.497 e. The van der Waals surface area contributed by atoms with Gasteiger partial charge in [0.05, 0.1) is 19.8 Å². The number of benzene rings is 3. The third-order valence-electron chi connectivity index (χ3n) is 4.97. The zero-order chi connectivity index (χ0) is 23.0. The smallest absolute Gasteiger partial charge is 0.264 e. The summed E-state index contributed by atoms with van der Waals surface area (Å²) in [6.07, 6.45) is 0.715. The zero-order valence-corrected chi connectivity index (χ0v) is 18.4. The summed E-state index contributed by atoms with van der Waals surface area (Å²) in [7, 11) is 3.14. The first-order valence-corrected chi connectivity index (χ1v) is 10.4. The number of aromatic amines is 1. The van der Waals surface area contributed by atoms with Crippen LogP contribution in [0.15, 0.2) is 72.8 Å². The first-order chi connectivity index (χ1) is 16.2.